The van der Waals surface area contributed by atoms with Crippen LogP contribution in [0.25, 0.3) is 11.0 Å². The number of nitrogens with zero attached hydrogens (tertiary/aromatic N) is 2. The lowest BCUT2D eigenvalue weighted by atomic mass is 9.85. The van der Waals surface area contributed by atoms with Gasteiger partial charge in [-0.15, -0.1) is 0 Å². The van der Waals surface area contributed by atoms with Crippen molar-refractivity contribution >= 4 is 32.7 Å². The summed E-state index contributed by atoms with van der Waals surface area (Å²) in [6, 6.07) is 3.90. The minimum atomic E-state index is 0.721. The first-order valence-corrected chi connectivity index (χ1v) is 6.83. The monoisotopic (exact) mass is 294 g/mol. The average Bonchev–Trinajstić information content (AvgIpc) is 2.74. The van der Waals surface area contributed by atoms with Crippen LogP contribution in [0.1, 0.15) is 12.8 Å². The van der Waals surface area contributed by atoms with E-state index in [2.05, 4.69) is 32.9 Å². The molecule has 1 fully saturated rings. The van der Waals surface area contributed by atoms with E-state index in [4.69, 9.17) is 4.42 Å². The number of halogens is 1. The van der Waals surface area contributed by atoms with Crippen molar-refractivity contribution in [3.63, 3.8) is 0 Å². The Morgan fingerprint density at radius 3 is 3.06 bits per heavy atom. The van der Waals surface area contributed by atoms with Gasteiger partial charge in [0.2, 0.25) is 0 Å². The van der Waals surface area contributed by atoms with Gasteiger partial charge in [0, 0.05) is 24.6 Å². The second kappa shape index (κ2) is 4.33. The lowest BCUT2D eigenvalue weighted by molar-refractivity contribution is 0.339. The van der Waals surface area contributed by atoms with Gasteiger partial charge in [0.1, 0.15) is 11.4 Å². The first-order valence-electron chi connectivity index (χ1n) is 5.91. The molecule has 90 valence electrons. The van der Waals surface area contributed by atoms with E-state index in [1.807, 2.05) is 18.3 Å². The van der Waals surface area contributed by atoms with Crippen LogP contribution in [0.3, 0.4) is 0 Å². The zero-order valence-corrected chi connectivity index (χ0v) is 11.4. The molecule has 2 heterocycles. The van der Waals surface area contributed by atoms with Crippen LogP contribution >= 0.6 is 15.9 Å². The summed E-state index contributed by atoms with van der Waals surface area (Å²) in [6.07, 6.45) is 6.07. The van der Waals surface area contributed by atoms with Crippen LogP contribution in [0.5, 0.6) is 0 Å². The van der Waals surface area contributed by atoms with Crippen LogP contribution in [-0.2, 0) is 0 Å². The first-order chi connectivity index (χ1) is 8.24. The number of anilines is 1. The van der Waals surface area contributed by atoms with Crippen molar-refractivity contribution in [1.82, 2.24) is 4.98 Å². The summed E-state index contributed by atoms with van der Waals surface area (Å²) in [5.74, 6) is 1.81. The maximum absolute atomic E-state index is 5.40. The molecule has 3 nitrogen and oxygen atoms in total. The molecule has 1 saturated carbocycles. The van der Waals surface area contributed by atoms with Crippen LogP contribution in [0.2, 0.25) is 0 Å². The molecule has 2 aromatic heterocycles. The van der Waals surface area contributed by atoms with Crippen molar-refractivity contribution in [2.75, 3.05) is 18.5 Å². The molecule has 2 aromatic rings. The van der Waals surface area contributed by atoms with Gasteiger partial charge < -0.3 is 9.32 Å². The van der Waals surface area contributed by atoms with Crippen molar-refractivity contribution in [3.8, 4) is 0 Å². The highest BCUT2D eigenvalue weighted by atomic mass is 79.9. The third kappa shape index (κ3) is 2.06. The number of alkyl halides is 1. The van der Waals surface area contributed by atoms with E-state index in [1.54, 1.807) is 6.26 Å². The number of furan rings is 1. The standard InChI is InChI=1S/C13H15BrN2O/c1-16(8-9-6-10(14)7-9)13-11-3-5-17-12(11)2-4-15-13/h2-5,9-10H,6-8H2,1H3. The predicted molar refractivity (Wildman–Crippen MR) is 72.7 cm³/mol. The Morgan fingerprint density at radius 1 is 1.47 bits per heavy atom. The van der Waals surface area contributed by atoms with Gasteiger partial charge in [-0.1, -0.05) is 15.9 Å². The van der Waals surface area contributed by atoms with Crippen molar-refractivity contribution in [2.45, 2.75) is 17.7 Å². The third-order valence-electron chi connectivity index (χ3n) is 3.43. The highest BCUT2D eigenvalue weighted by Gasteiger charge is 2.28. The van der Waals surface area contributed by atoms with E-state index >= 15 is 0 Å². The predicted octanol–water partition coefficient (Wildman–Crippen LogP) is 3.44. The molecule has 1 aliphatic rings. The van der Waals surface area contributed by atoms with E-state index in [0.29, 0.717) is 0 Å². The molecule has 0 N–H and O–H groups in total. The molecule has 0 bridgehead atoms. The lowest BCUT2D eigenvalue weighted by Gasteiger charge is -2.34. The molecule has 0 atom stereocenters. The Bertz CT molecular complexity index is 519. The van der Waals surface area contributed by atoms with Crippen LogP contribution in [-0.4, -0.2) is 23.4 Å². The molecule has 0 radical (unpaired) electrons. The van der Waals surface area contributed by atoms with Crippen LogP contribution in [0.15, 0.2) is 29.0 Å². The van der Waals surface area contributed by atoms with Crippen molar-refractivity contribution < 1.29 is 4.42 Å². The van der Waals surface area contributed by atoms with Gasteiger partial charge >= 0.3 is 0 Å². The minimum absolute atomic E-state index is 0.721. The molecule has 4 heteroatoms. The van der Waals surface area contributed by atoms with Gasteiger partial charge in [0.25, 0.3) is 0 Å². The SMILES string of the molecule is CN(CC1CC(Br)C1)c1nccc2occc12. The van der Waals surface area contributed by atoms with Gasteiger partial charge in [0.15, 0.2) is 0 Å². The van der Waals surface area contributed by atoms with E-state index in [0.717, 1.165) is 34.1 Å². The van der Waals surface area contributed by atoms with Crippen molar-refractivity contribution in [2.24, 2.45) is 5.92 Å². The first kappa shape index (κ1) is 11.1. The highest BCUT2D eigenvalue weighted by Crippen LogP contribution is 2.35. The average molecular weight is 295 g/mol. The quantitative estimate of drug-likeness (QED) is 0.812. The number of fused-ring (bicyclic) bond motifs is 1. The molecule has 0 unspecified atom stereocenters. The molecule has 0 saturated heterocycles. The number of aromatic nitrogens is 1. The number of pyridine rings is 1. The Hall–Kier alpha value is -1.03. The maximum Gasteiger partial charge on any atom is 0.139 e. The van der Waals surface area contributed by atoms with Gasteiger partial charge in [-0.2, -0.15) is 0 Å². The van der Waals surface area contributed by atoms with Gasteiger partial charge in [-0.05, 0) is 30.9 Å². The highest BCUT2D eigenvalue weighted by molar-refractivity contribution is 9.09. The van der Waals surface area contributed by atoms with E-state index in [1.165, 1.54) is 12.8 Å². The van der Waals surface area contributed by atoms with Crippen molar-refractivity contribution in [1.29, 1.82) is 0 Å². The molecule has 0 aromatic carbocycles. The fourth-order valence-corrected chi connectivity index (χ4v) is 3.52. The summed E-state index contributed by atoms with van der Waals surface area (Å²) < 4.78 is 5.40. The molecule has 1 aliphatic carbocycles. The Balaban J connectivity index is 1.80. The van der Waals surface area contributed by atoms with Crippen LogP contribution < -0.4 is 4.90 Å². The Morgan fingerprint density at radius 2 is 2.29 bits per heavy atom. The minimum Gasteiger partial charge on any atom is -0.464 e. The molecular weight excluding hydrogens is 280 g/mol. The van der Waals surface area contributed by atoms with Crippen LogP contribution in [0.4, 0.5) is 5.82 Å². The summed E-state index contributed by atoms with van der Waals surface area (Å²) in [5.41, 5.74) is 0.911. The van der Waals surface area contributed by atoms with Gasteiger partial charge in [-0.25, -0.2) is 4.98 Å². The van der Waals surface area contributed by atoms with Gasteiger partial charge in [0.05, 0.1) is 11.6 Å². The zero-order valence-electron chi connectivity index (χ0n) is 9.77. The van der Waals surface area contributed by atoms with Crippen molar-refractivity contribution in [3.05, 3.63) is 24.6 Å². The lowest BCUT2D eigenvalue weighted by Crippen LogP contribution is -2.35. The summed E-state index contributed by atoms with van der Waals surface area (Å²) >= 11 is 3.63. The summed E-state index contributed by atoms with van der Waals surface area (Å²) in [7, 11) is 2.11. The van der Waals surface area contributed by atoms with Gasteiger partial charge in [-0.3, -0.25) is 0 Å². The second-order valence-electron chi connectivity index (χ2n) is 4.78. The topological polar surface area (TPSA) is 29.3 Å². The van der Waals surface area contributed by atoms with E-state index in [-0.39, 0.29) is 0 Å². The molecule has 0 amide bonds. The molecule has 3 rings (SSSR count). The normalized spacial score (nSPS) is 23.6. The summed E-state index contributed by atoms with van der Waals surface area (Å²) in [6.45, 7) is 1.07. The number of hydrogen-bond acceptors (Lipinski definition) is 3. The molecule has 17 heavy (non-hydrogen) atoms. The second-order valence-corrected chi connectivity index (χ2v) is 6.08. The Kier molecular flexibility index (Phi) is 2.82. The number of rotatable bonds is 3. The molecule has 0 spiro atoms. The van der Waals surface area contributed by atoms with Crippen LogP contribution in [0, 0.1) is 5.92 Å². The van der Waals surface area contributed by atoms with E-state index in [9.17, 15) is 0 Å². The summed E-state index contributed by atoms with van der Waals surface area (Å²) in [4.78, 5) is 7.42. The largest absolute Gasteiger partial charge is 0.464 e. The molecule has 0 aliphatic heterocycles. The fourth-order valence-electron chi connectivity index (χ4n) is 2.46. The number of hydrogen-bond donors (Lipinski definition) is 0. The maximum atomic E-state index is 5.40. The zero-order chi connectivity index (χ0) is 11.8. The smallest absolute Gasteiger partial charge is 0.139 e. The third-order valence-corrected chi connectivity index (χ3v) is 4.18. The van der Waals surface area contributed by atoms with E-state index < -0.39 is 0 Å². The summed E-state index contributed by atoms with van der Waals surface area (Å²) in [5, 5.41) is 1.10. The molecular formula is C13H15BrN2O. The Labute approximate surface area is 109 Å². The fraction of sp³-hybridized carbons (Fsp3) is 0.462.